The standard InChI is InChI=1S/C27H32N4O7/c1-17(32)24(31-23(34)15-12-18-8-4-2-5-9-18)26(36)30-21(16-19-10-6-3-7-11-19)25(35)29-20(27(37)38)13-14-22(28)33/h2-12,15,17,20-21,24,32H,13-14,16H2,1H3,(H2,28,33)(H,29,35)(H,30,36)(H,31,34)(H,37,38)/b15-12+/t17-,20+,21+,24+/m1/s1. The highest BCUT2D eigenvalue weighted by molar-refractivity contribution is 5.97. The molecule has 0 aliphatic heterocycles. The summed E-state index contributed by atoms with van der Waals surface area (Å²) in [4.78, 5) is 61.2. The summed E-state index contributed by atoms with van der Waals surface area (Å²) in [6, 6.07) is 13.6. The summed E-state index contributed by atoms with van der Waals surface area (Å²) < 4.78 is 0. The molecule has 2 aromatic rings. The first-order chi connectivity index (χ1) is 18.1. The van der Waals surface area contributed by atoms with Gasteiger partial charge >= 0.3 is 5.97 Å². The highest BCUT2D eigenvalue weighted by Crippen LogP contribution is 2.07. The van der Waals surface area contributed by atoms with Crippen molar-refractivity contribution in [2.45, 2.75) is 50.4 Å². The fourth-order valence-corrected chi connectivity index (χ4v) is 3.48. The van der Waals surface area contributed by atoms with Crippen LogP contribution in [0.2, 0.25) is 0 Å². The highest BCUT2D eigenvalue weighted by Gasteiger charge is 2.31. The number of carboxylic acids is 1. The quantitative estimate of drug-likeness (QED) is 0.189. The first-order valence-electron chi connectivity index (χ1n) is 11.9. The Kier molecular flexibility index (Phi) is 11.7. The average molecular weight is 525 g/mol. The van der Waals surface area contributed by atoms with E-state index in [-0.39, 0.29) is 19.3 Å². The number of amides is 4. The van der Waals surface area contributed by atoms with Crippen molar-refractivity contribution < 1.29 is 34.2 Å². The molecule has 0 unspecified atom stereocenters. The largest absolute Gasteiger partial charge is 0.480 e. The van der Waals surface area contributed by atoms with Gasteiger partial charge in [-0.1, -0.05) is 60.7 Å². The van der Waals surface area contributed by atoms with Crippen LogP contribution in [-0.4, -0.2) is 64.0 Å². The molecule has 2 rings (SSSR count). The van der Waals surface area contributed by atoms with Gasteiger partial charge in [0.05, 0.1) is 6.10 Å². The zero-order valence-electron chi connectivity index (χ0n) is 20.9. The fourth-order valence-electron chi connectivity index (χ4n) is 3.48. The molecule has 0 spiro atoms. The van der Waals surface area contributed by atoms with E-state index in [9.17, 15) is 34.2 Å². The van der Waals surface area contributed by atoms with Gasteiger partial charge in [-0.2, -0.15) is 0 Å². The summed E-state index contributed by atoms with van der Waals surface area (Å²) in [5.41, 5.74) is 6.51. The maximum absolute atomic E-state index is 13.1. The summed E-state index contributed by atoms with van der Waals surface area (Å²) in [7, 11) is 0. The number of aliphatic carboxylic acids is 1. The van der Waals surface area contributed by atoms with Gasteiger partial charge in [-0.3, -0.25) is 19.2 Å². The average Bonchev–Trinajstić information content (AvgIpc) is 2.88. The first-order valence-corrected chi connectivity index (χ1v) is 11.9. The molecule has 7 N–H and O–H groups in total. The third-order valence-corrected chi connectivity index (χ3v) is 5.50. The minimum absolute atomic E-state index is 0.00500. The SMILES string of the molecule is C[C@@H](O)[C@H](NC(=O)/C=C/c1ccccc1)C(=O)N[C@@H](Cc1ccccc1)C(=O)N[C@@H](CCC(N)=O)C(=O)O. The zero-order valence-corrected chi connectivity index (χ0v) is 20.9. The van der Waals surface area contributed by atoms with Crippen molar-refractivity contribution in [2.75, 3.05) is 0 Å². The summed E-state index contributed by atoms with van der Waals surface area (Å²) in [5.74, 6) is -4.41. The van der Waals surface area contributed by atoms with Crippen molar-refractivity contribution in [2.24, 2.45) is 5.73 Å². The van der Waals surface area contributed by atoms with Gasteiger partial charge in [0, 0.05) is 18.9 Å². The smallest absolute Gasteiger partial charge is 0.326 e. The summed E-state index contributed by atoms with van der Waals surface area (Å²) in [5, 5.41) is 26.9. The van der Waals surface area contributed by atoms with E-state index < -0.39 is 53.8 Å². The van der Waals surface area contributed by atoms with Crippen LogP contribution in [-0.2, 0) is 30.4 Å². The molecule has 4 amide bonds. The molecule has 0 aliphatic rings. The molecule has 0 fully saturated rings. The number of hydrogen-bond donors (Lipinski definition) is 6. The maximum Gasteiger partial charge on any atom is 0.326 e. The number of carbonyl (C=O) groups is 5. The monoisotopic (exact) mass is 524 g/mol. The van der Waals surface area contributed by atoms with Crippen LogP contribution in [0.5, 0.6) is 0 Å². The van der Waals surface area contributed by atoms with Crippen LogP contribution in [0.15, 0.2) is 66.7 Å². The van der Waals surface area contributed by atoms with Crippen LogP contribution in [0.3, 0.4) is 0 Å². The number of aliphatic hydroxyl groups is 1. The molecule has 11 nitrogen and oxygen atoms in total. The maximum atomic E-state index is 13.1. The minimum atomic E-state index is -1.42. The summed E-state index contributed by atoms with van der Waals surface area (Å²) in [6.07, 6.45) is 0.932. The van der Waals surface area contributed by atoms with Gasteiger partial charge in [0.15, 0.2) is 0 Å². The van der Waals surface area contributed by atoms with Crippen molar-refractivity contribution in [3.05, 3.63) is 77.9 Å². The Hall–Kier alpha value is -4.51. The predicted molar refractivity (Wildman–Crippen MR) is 139 cm³/mol. The molecule has 38 heavy (non-hydrogen) atoms. The number of aliphatic hydroxyl groups excluding tert-OH is 1. The van der Waals surface area contributed by atoms with Gasteiger partial charge in [0.25, 0.3) is 0 Å². The number of carboxylic acid groups (broad SMARTS) is 1. The number of benzene rings is 2. The first kappa shape index (κ1) is 29.7. The van der Waals surface area contributed by atoms with E-state index in [1.807, 2.05) is 6.07 Å². The van der Waals surface area contributed by atoms with Crippen molar-refractivity contribution in [1.29, 1.82) is 0 Å². The molecule has 4 atom stereocenters. The molecular weight excluding hydrogens is 492 g/mol. The van der Waals surface area contributed by atoms with Gasteiger partial charge in [0.2, 0.25) is 23.6 Å². The van der Waals surface area contributed by atoms with Gasteiger partial charge in [-0.25, -0.2) is 4.79 Å². The molecule has 0 saturated carbocycles. The molecule has 0 aliphatic carbocycles. The lowest BCUT2D eigenvalue weighted by molar-refractivity contribution is -0.142. The predicted octanol–water partition coefficient (Wildman–Crippen LogP) is 0.128. The zero-order chi connectivity index (χ0) is 28.1. The molecule has 0 bridgehead atoms. The Labute approximate surface area is 220 Å². The summed E-state index contributed by atoms with van der Waals surface area (Å²) in [6.45, 7) is 1.31. The Morgan fingerprint density at radius 2 is 1.45 bits per heavy atom. The summed E-state index contributed by atoms with van der Waals surface area (Å²) >= 11 is 0. The lowest BCUT2D eigenvalue weighted by atomic mass is 10.0. The molecule has 0 saturated heterocycles. The molecule has 0 aromatic heterocycles. The van der Waals surface area contributed by atoms with Crippen molar-refractivity contribution in [1.82, 2.24) is 16.0 Å². The molecule has 202 valence electrons. The van der Waals surface area contributed by atoms with E-state index in [4.69, 9.17) is 5.73 Å². The molecular formula is C27H32N4O7. The number of hydrogen-bond acceptors (Lipinski definition) is 6. The molecule has 2 aromatic carbocycles. The van der Waals surface area contributed by atoms with Crippen molar-refractivity contribution in [3.63, 3.8) is 0 Å². The number of nitrogens with two attached hydrogens (primary N) is 1. The number of primary amides is 1. The number of nitrogens with one attached hydrogen (secondary N) is 3. The Morgan fingerprint density at radius 1 is 0.868 bits per heavy atom. The third kappa shape index (κ3) is 10.2. The molecule has 11 heteroatoms. The Balaban J connectivity index is 2.17. The van der Waals surface area contributed by atoms with Crippen LogP contribution >= 0.6 is 0 Å². The van der Waals surface area contributed by atoms with E-state index in [0.29, 0.717) is 5.56 Å². The second-order valence-corrected chi connectivity index (χ2v) is 8.63. The van der Waals surface area contributed by atoms with E-state index in [2.05, 4.69) is 16.0 Å². The normalized spacial score (nSPS) is 14.1. The lowest BCUT2D eigenvalue weighted by Crippen LogP contribution is -2.58. The van der Waals surface area contributed by atoms with E-state index in [1.165, 1.54) is 19.1 Å². The van der Waals surface area contributed by atoms with Crippen LogP contribution in [0.1, 0.15) is 30.9 Å². The van der Waals surface area contributed by atoms with Gasteiger partial charge in [-0.05, 0) is 30.5 Å². The van der Waals surface area contributed by atoms with Crippen molar-refractivity contribution in [3.8, 4) is 0 Å². The highest BCUT2D eigenvalue weighted by atomic mass is 16.4. The topological polar surface area (TPSA) is 188 Å². The lowest BCUT2D eigenvalue weighted by Gasteiger charge is -2.25. The second kappa shape index (κ2) is 14.9. The molecule has 0 radical (unpaired) electrons. The van der Waals surface area contributed by atoms with E-state index in [1.54, 1.807) is 54.6 Å². The van der Waals surface area contributed by atoms with Gasteiger partial charge < -0.3 is 31.9 Å². The van der Waals surface area contributed by atoms with Crippen LogP contribution in [0.25, 0.3) is 6.08 Å². The Morgan fingerprint density at radius 3 is 2.00 bits per heavy atom. The number of rotatable bonds is 14. The fraction of sp³-hybridized carbons (Fsp3) is 0.296. The van der Waals surface area contributed by atoms with Crippen LogP contribution in [0, 0.1) is 0 Å². The van der Waals surface area contributed by atoms with Gasteiger partial charge in [-0.15, -0.1) is 0 Å². The van der Waals surface area contributed by atoms with Crippen LogP contribution < -0.4 is 21.7 Å². The third-order valence-electron chi connectivity index (χ3n) is 5.50. The van der Waals surface area contributed by atoms with E-state index in [0.717, 1.165) is 5.56 Å². The second-order valence-electron chi connectivity index (χ2n) is 8.63. The van der Waals surface area contributed by atoms with Crippen LogP contribution in [0.4, 0.5) is 0 Å². The Bertz CT molecular complexity index is 1140. The minimum Gasteiger partial charge on any atom is -0.480 e. The van der Waals surface area contributed by atoms with Gasteiger partial charge in [0.1, 0.15) is 18.1 Å². The molecule has 0 heterocycles. The number of carbonyl (C=O) groups excluding carboxylic acids is 4. The van der Waals surface area contributed by atoms with Crippen molar-refractivity contribution >= 4 is 35.7 Å². The van der Waals surface area contributed by atoms with E-state index >= 15 is 0 Å².